The van der Waals surface area contributed by atoms with Gasteiger partial charge in [-0.3, -0.25) is 0 Å². The first-order valence-electron chi connectivity index (χ1n) is 0.548. The van der Waals surface area contributed by atoms with E-state index in [0.29, 0.717) is 0 Å². The molecule has 0 rings (SSSR count). The van der Waals surface area contributed by atoms with Crippen LogP contribution in [0.2, 0.25) is 0 Å². The molecule has 0 atom stereocenters. The Morgan fingerprint density at radius 2 is 1.00 bits per heavy atom. The van der Waals surface area contributed by atoms with E-state index in [2.05, 4.69) is 0 Å². The van der Waals surface area contributed by atoms with Gasteiger partial charge in [0, 0.05) is 0 Å². The average Bonchev–Trinajstić information content (AvgIpc) is 0.811. The first-order valence-corrected chi connectivity index (χ1v) is 1.64. The monoisotopic (exact) mass is 166 g/mol. The Labute approximate surface area is 71.8 Å². The molecule has 6 heavy (non-hydrogen) atoms. The van der Waals surface area contributed by atoms with Crippen molar-refractivity contribution >= 4 is 8.60 Å². The molecule has 0 bridgehead atoms. The van der Waals surface area contributed by atoms with Gasteiger partial charge in [-0.25, -0.2) is 0 Å². The van der Waals surface area contributed by atoms with Gasteiger partial charge in [-0.1, -0.05) is 0 Å². The van der Waals surface area contributed by atoms with Crippen molar-refractivity contribution in [3.8, 4) is 0 Å². The van der Waals surface area contributed by atoms with E-state index in [1.165, 1.54) is 0 Å². The molecule has 0 aromatic heterocycles. The first kappa shape index (κ1) is 15.7. The van der Waals surface area contributed by atoms with Crippen LogP contribution >= 0.6 is 8.60 Å². The Kier molecular flexibility index (Phi) is 26.2. The van der Waals surface area contributed by atoms with E-state index in [4.69, 9.17) is 14.7 Å². The summed E-state index contributed by atoms with van der Waals surface area (Å²) in [6.07, 6.45) is 0. The van der Waals surface area contributed by atoms with Gasteiger partial charge in [0.15, 0.2) is 0 Å². The third-order valence-corrected chi connectivity index (χ3v) is 0. The van der Waals surface area contributed by atoms with Crippen LogP contribution in [0.25, 0.3) is 0 Å². The quantitative estimate of drug-likeness (QED) is 0.267. The van der Waals surface area contributed by atoms with Gasteiger partial charge in [-0.15, -0.1) is 0 Å². The van der Waals surface area contributed by atoms with Gasteiger partial charge in [0.1, 0.15) is 0 Å². The molecule has 0 saturated carbocycles. The summed E-state index contributed by atoms with van der Waals surface area (Å²) in [5.41, 5.74) is 0. The van der Waals surface area contributed by atoms with Gasteiger partial charge in [-0.2, -0.15) is 0 Å². The van der Waals surface area contributed by atoms with Crippen LogP contribution in [0.3, 0.4) is 0 Å². The summed E-state index contributed by atoms with van der Waals surface area (Å²) in [6, 6.07) is 0. The zero-order chi connectivity index (χ0) is 3.58. The van der Waals surface area contributed by atoms with Gasteiger partial charge in [-0.05, 0) is 0 Å². The second-order valence-electron chi connectivity index (χ2n) is 0.224. The molecule has 0 radical (unpaired) electrons. The number of rotatable bonds is 0. The summed E-state index contributed by atoms with van der Waals surface area (Å²) in [4.78, 5) is 25.4. The summed E-state index contributed by atoms with van der Waals surface area (Å²) in [6.45, 7) is 0. The molecule has 6 heteroatoms. The van der Waals surface area contributed by atoms with Crippen molar-refractivity contribution in [3.63, 3.8) is 0 Å². The van der Waals surface area contributed by atoms with E-state index in [1.54, 1.807) is 0 Å². The van der Waals surface area contributed by atoms with Crippen LogP contribution in [0.15, 0.2) is 0 Å². The normalized spacial score (nSPS) is 6.00. The van der Waals surface area contributed by atoms with Crippen molar-refractivity contribution in [1.29, 1.82) is 0 Å². The van der Waals surface area contributed by atoms with E-state index in [1.807, 2.05) is 0 Å². The maximum Gasteiger partial charge on any atom is 2.00 e. The zero-order valence-electron chi connectivity index (χ0n) is 3.38. The van der Waals surface area contributed by atoms with Crippen molar-refractivity contribution in [2.45, 2.75) is 0 Å². The summed E-state index contributed by atoms with van der Waals surface area (Å²) >= 11 is 0. The Morgan fingerprint density at radius 1 is 1.00 bits per heavy atom. The first-order chi connectivity index (χ1) is 1.73. The largest absolute Gasteiger partial charge is 2.00 e. The molecule has 0 fully saturated rings. The molecule has 0 aromatic carbocycles. The predicted molar refractivity (Wildman–Crippen MR) is 6.92 cm³/mol. The van der Waals surface area contributed by atoms with Crippen molar-refractivity contribution in [3.05, 3.63) is 0 Å². The van der Waals surface area contributed by atoms with Gasteiger partial charge in [0.25, 0.3) is 0 Å². The Balaban J connectivity index is -0.0000000450. The second kappa shape index (κ2) is 10.0. The van der Waals surface area contributed by atoms with Gasteiger partial charge < -0.3 is 23.3 Å². The molecule has 0 unspecified atom stereocenters. The Hall–Kier alpha value is 1.93. The van der Waals surface area contributed by atoms with Crippen LogP contribution < -0.4 is 44.2 Å². The fraction of sp³-hybridized carbons (Fsp3) is 0. The SMILES string of the molecule is [Na+].[O-]P([O-])[O-].[Zn+2]. The molecule has 0 aliphatic heterocycles. The van der Waals surface area contributed by atoms with E-state index < -0.39 is 8.60 Å². The minimum atomic E-state index is -3.37. The standard InChI is InChI=1S/Na.O3P.Zn/c;1-4(2)3;/q+1;-3;+2. The summed E-state index contributed by atoms with van der Waals surface area (Å²) in [7, 11) is -3.37. The summed E-state index contributed by atoms with van der Waals surface area (Å²) in [5.74, 6) is 0. The molecule has 26 valence electrons. The molecule has 0 spiro atoms. The molecule has 0 aliphatic carbocycles. The summed E-state index contributed by atoms with van der Waals surface area (Å²) < 4.78 is 0. The van der Waals surface area contributed by atoms with Gasteiger partial charge >= 0.3 is 49.0 Å². The Bertz CT molecular complexity index is 15.5. The van der Waals surface area contributed by atoms with Crippen LogP contribution in [0.5, 0.6) is 0 Å². The average molecular weight is 167 g/mol. The third kappa shape index (κ3) is 38.6. The van der Waals surface area contributed by atoms with Crippen molar-refractivity contribution in [2.75, 3.05) is 0 Å². The second-order valence-corrected chi connectivity index (χ2v) is 0.671. The summed E-state index contributed by atoms with van der Waals surface area (Å²) in [5, 5.41) is 0. The van der Waals surface area contributed by atoms with E-state index in [9.17, 15) is 0 Å². The number of hydrogen-bond donors (Lipinski definition) is 0. The predicted octanol–water partition coefficient (Wildman–Crippen LogP) is -5.70. The fourth-order valence-electron chi connectivity index (χ4n) is 0. The Morgan fingerprint density at radius 3 is 1.00 bits per heavy atom. The van der Waals surface area contributed by atoms with Gasteiger partial charge in [0.05, 0.1) is 0 Å². The molecule has 3 nitrogen and oxygen atoms in total. The molecule has 0 amide bonds. The van der Waals surface area contributed by atoms with E-state index in [-0.39, 0.29) is 49.0 Å². The zero-order valence-corrected chi connectivity index (χ0v) is 9.24. The maximum absolute atomic E-state index is 8.48. The topological polar surface area (TPSA) is 69.2 Å². The molecular formula is NaO3PZn. The van der Waals surface area contributed by atoms with Crippen LogP contribution in [0.4, 0.5) is 0 Å². The molecule has 0 aliphatic rings. The molecular weight excluding hydrogens is 167 g/mol. The number of hydrogen-bond acceptors (Lipinski definition) is 3. The third-order valence-electron chi connectivity index (χ3n) is 0. The molecule has 0 N–H and O–H groups in total. The van der Waals surface area contributed by atoms with Crippen molar-refractivity contribution in [1.82, 2.24) is 0 Å². The van der Waals surface area contributed by atoms with Gasteiger partial charge in [0.2, 0.25) is 0 Å². The minimum Gasteiger partial charge on any atom is -0.854 e. The minimum absolute atomic E-state index is 0. The molecule has 0 aromatic rings. The van der Waals surface area contributed by atoms with E-state index in [0.717, 1.165) is 0 Å². The van der Waals surface area contributed by atoms with Crippen LogP contribution in [0.1, 0.15) is 0 Å². The molecule has 0 heterocycles. The van der Waals surface area contributed by atoms with Crippen LogP contribution in [-0.4, -0.2) is 0 Å². The van der Waals surface area contributed by atoms with Crippen molar-refractivity contribution < 1.29 is 63.7 Å². The van der Waals surface area contributed by atoms with Crippen LogP contribution in [0, 0.1) is 0 Å². The van der Waals surface area contributed by atoms with Crippen LogP contribution in [-0.2, 0) is 19.5 Å². The van der Waals surface area contributed by atoms with Crippen molar-refractivity contribution in [2.24, 2.45) is 0 Å². The smallest absolute Gasteiger partial charge is 0.854 e. The maximum atomic E-state index is 8.48. The molecule has 0 saturated heterocycles. The van der Waals surface area contributed by atoms with E-state index >= 15 is 0 Å². The fourth-order valence-corrected chi connectivity index (χ4v) is 0.